The van der Waals surface area contributed by atoms with Crippen LogP contribution in [0, 0.1) is 0 Å². The molecule has 0 aliphatic carbocycles. The van der Waals surface area contributed by atoms with Gasteiger partial charge in [0.05, 0.1) is 6.61 Å². The molecule has 0 radical (unpaired) electrons. The third kappa shape index (κ3) is 5.01. The first kappa shape index (κ1) is 17.4. The number of aromatic nitrogens is 1. The van der Waals surface area contributed by atoms with Gasteiger partial charge in [0, 0.05) is 38.0 Å². The van der Waals surface area contributed by atoms with Gasteiger partial charge in [0.25, 0.3) is 5.91 Å². The maximum atomic E-state index is 12.6. The van der Waals surface area contributed by atoms with E-state index in [-0.39, 0.29) is 11.8 Å². The topological polar surface area (TPSA) is 54.5 Å². The van der Waals surface area contributed by atoms with Crippen LogP contribution in [0.1, 0.15) is 49.7 Å². The number of likely N-dealkylation sites (N-methyl/N-ethyl adjacent to an activating group) is 1. The van der Waals surface area contributed by atoms with Gasteiger partial charge in [0.15, 0.2) is 0 Å². The second-order valence-electron chi connectivity index (χ2n) is 5.15. The van der Waals surface area contributed by atoms with Crippen molar-refractivity contribution in [2.75, 3.05) is 38.7 Å². The molecule has 0 aliphatic heterocycles. The highest BCUT2D eigenvalue weighted by Crippen LogP contribution is 2.18. The summed E-state index contributed by atoms with van der Waals surface area (Å²) in [4.78, 5) is 18.9. The number of carbonyl (C=O) groups is 1. The van der Waals surface area contributed by atoms with Gasteiger partial charge in [-0.1, -0.05) is 13.8 Å². The van der Waals surface area contributed by atoms with E-state index in [0.717, 1.165) is 11.5 Å². The molecular formula is C16H27N3O2. The number of hydrogen-bond acceptors (Lipinski definition) is 4. The number of carbonyl (C=O) groups excluding carboxylic acids is 1. The van der Waals surface area contributed by atoms with Crippen molar-refractivity contribution < 1.29 is 9.53 Å². The van der Waals surface area contributed by atoms with E-state index in [0.29, 0.717) is 31.9 Å². The highest BCUT2D eigenvalue weighted by molar-refractivity contribution is 5.95. The van der Waals surface area contributed by atoms with Crippen LogP contribution in [0.4, 0.5) is 5.82 Å². The summed E-state index contributed by atoms with van der Waals surface area (Å²) in [5.41, 5.74) is 1.60. The fourth-order valence-corrected chi connectivity index (χ4v) is 2.00. The van der Waals surface area contributed by atoms with Crippen molar-refractivity contribution in [3.05, 3.63) is 23.4 Å². The molecular weight excluding hydrogens is 266 g/mol. The SMILES string of the molecule is CCOCCN(CC)C(=O)c1cc(NC)nc(C(C)C)c1. The molecule has 0 unspecified atom stereocenters. The molecule has 1 amide bonds. The fourth-order valence-electron chi connectivity index (χ4n) is 2.00. The maximum Gasteiger partial charge on any atom is 0.254 e. The molecule has 0 saturated heterocycles. The zero-order valence-electron chi connectivity index (χ0n) is 13.8. The van der Waals surface area contributed by atoms with Gasteiger partial charge >= 0.3 is 0 Å². The van der Waals surface area contributed by atoms with Crippen LogP contribution in [-0.2, 0) is 4.74 Å². The van der Waals surface area contributed by atoms with Crippen LogP contribution in [0.5, 0.6) is 0 Å². The summed E-state index contributed by atoms with van der Waals surface area (Å²) in [7, 11) is 1.81. The van der Waals surface area contributed by atoms with Crippen LogP contribution in [0.25, 0.3) is 0 Å². The van der Waals surface area contributed by atoms with Crippen molar-refractivity contribution in [2.45, 2.75) is 33.6 Å². The monoisotopic (exact) mass is 293 g/mol. The van der Waals surface area contributed by atoms with Crippen molar-refractivity contribution in [3.63, 3.8) is 0 Å². The molecule has 1 rings (SSSR count). The summed E-state index contributed by atoms with van der Waals surface area (Å²) in [6, 6.07) is 3.69. The number of ether oxygens (including phenoxy) is 1. The van der Waals surface area contributed by atoms with Gasteiger partial charge in [-0.25, -0.2) is 4.98 Å². The van der Waals surface area contributed by atoms with Crippen molar-refractivity contribution in [3.8, 4) is 0 Å². The predicted molar refractivity (Wildman–Crippen MR) is 85.9 cm³/mol. The standard InChI is InChI=1S/C16H27N3O2/c1-6-19(8-9-21-7-2)16(20)13-10-14(12(3)4)18-15(11-13)17-5/h10-12H,6-9H2,1-5H3,(H,17,18). The van der Waals surface area contributed by atoms with Gasteiger partial charge in [0.2, 0.25) is 0 Å². The zero-order valence-corrected chi connectivity index (χ0v) is 13.8. The van der Waals surface area contributed by atoms with Gasteiger partial charge < -0.3 is 15.0 Å². The van der Waals surface area contributed by atoms with Crippen LogP contribution in [0.15, 0.2) is 12.1 Å². The van der Waals surface area contributed by atoms with Crippen LogP contribution < -0.4 is 5.32 Å². The minimum Gasteiger partial charge on any atom is -0.380 e. The summed E-state index contributed by atoms with van der Waals surface area (Å²) in [6.45, 7) is 10.6. The summed E-state index contributed by atoms with van der Waals surface area (Å²) >= 11 is 0. The quantitative estimate of drug-likeness (QED) is 0.749. The molecule has 0 atom stereocenters. The van der Waals surface area contributed by atoms with Gasteiger partial charge in [-0.3, -0.25) is 4.79 Å². The Morgan fingerprint density at radius 1 is 1.38 bits per heavy atom. The second kappa shape index (κ2) is 8.62. The number of amides is 1. The van der Waals surface area contributed by atoms with Crippen LogP contribution in [0.3, 0.4) is 0 Å². The van der Waals surface area contributed by atoms with E-state index in [1.165, 1.54) is 0 Å². The van der Waals surface area contributed by atoms with Crippen molar-refractivity contribution in [2.24, 2.45) is 0 Å². The minimum absolute atomic E-state index is 0.0259. The summed E-state index contributed by atoms with van der Waals surface area (Å²) < 4.78 is 5.34. The summed E-state index contributed by atoms with van der Waals surface area (Å²) in [5, 5.41) is 3.02. The normalized spacial score (nSPS) is 10.8. The Kier molecular flexibility index (Phi) is 7.15. The van der Waals surface area contributed by atoms with Crippen LogP contribution in [-0.4, -0.2) is 49.1 Å². The molecule has 0 bridgehead atoms. The molecule has 1 N–H and O–H groups in total. The molecule has 1 heterocycles. The van der Waals surface area contributed by atoms with E-state index in [9.17, 15) is 4.79 Å². The molecule has 5 heteroatoms. The van der Waals surface area contributed by atoms with Crippen molar-refractivity contribution >= 4 is 11.7 Å². The number of nitrogens with one attached hydrogen (secondary N) is 1. The van der Waals surface area contributed by atoms with E-state index in [1.807, 2.05) is 27.0 Å². The molecule has 1 aromatic rings. The molecule has 1 aromatic heterocycles. The third-order valence-corrected chi connectivity index (χ3v) is 3.32. The van der Waals surface area contributed by atoms with Crippen LogP contribution >= 0.6 is 0 Å². The summed E-state index contributed by atoms with van der Waals surface area (Å²) in [6.07, 6.45) is 0. The Bertz CT molecular complexity index is 461. The first-order chi connectivity index (χ1) is 10.0. The van der Waals surface area contributed by atoms with Crippen LogP contribution in [0.2, 0.25) is 0 Å². The van der Waals surface area contributed by atoms with Gasteiger partial charge in [-0.2, -0.15) is 0 Å². The number of nitrogens with zero attached hydrogens (tertiary/aromatic N) is 2. The Morgan fingerprint density at radius 2 is 2.10 bits per heavy atom. The minimum atomic E-state index is 0.0259. The predicted octanol–water partition coefficient (Wildman–Crippen LogP) is 2.75. The van der Waals surface area contributed by atoms with Crippen molar-refractivity contribution in [1.82, 2.24) is 9.88 Å². The Hall–Kier alpha value is -1.62. The lowest BCUT2D eigenvalue weighted by molar-refractivity contribution is 0.0669. The average Bonchev–Trinajstić information content (AvgIpc) is 2.50. The lowest BCUT2D eigenvalue weighted by Crippen LogP contribution is -2.34. The van der Waals surface area contributed by atoms with E-state index in [1.54, 1.807) is 11.0 Å². The number of hydrogen-bond donors (Lipinski definition) is 1. The number of pyridine rings is 1. The number of anilines is 1. The van der Waals surface area contributed by atoms with Gasteiger partial charge in [-0.15, -0.1) is 0 Å². The Balaban J connectivity index is 2.95. The molecule has 21 heavy (non-hydrogen) atoms. The van der Waals surface area contributed by atoms with E-state index < -0.39 is 0 Å². The molecule has 0 aliphatic rings. The van der Waals surface area contributed by atoms with E-state index in [4.69, 9.17) is 4.74 Å². The van der Waals surface area contributed by atoms with Crippen molar-refractivity contribution in [1.29, 1.82) is 0 Å². The molecule has 0 fully saturated rings. The first-order valence-electron chi connectivity index (χ1n) is 7.60. The van der Waals surface area contributed by atoms with Gasteiger partial charge in [-0.05, 0) is 31.9 Å². The first-order valence-corrected chi connectivity index (χ1v) is 7.60. The molecule has 0 spiro atoms. The smallest absolute Gasteiger partial charge is 0.254 e. The average molecular weight is 293 g/mol. The van der Waals surface area contributed by atoms with Gasteiger partial charge in [0.1, 0.15) is 5.82 Å². The highest BCUT2D eigenvalue weighted by atomic mass is 16.5. The van der Waals surface area contributed by atoms with E-state index in [2.05, 4.69) is 24.1 Å². The molecule has 5 nitrogen and oxygen atoms in total. The second-order valence-corrected chi connectivity index (χ2v) is 5.15. The highest BCUT2D eigenvalue weighted by Gasteiger charge is 2.16. The molecule has 0 saturated carbocycles. The zero-order chi connectivity index (χ0) is 15.8. The number of rotatable bonds is 8. The lowest BCUT2D eigenvalue weighted by Gasteiger charge is -2.21. The lowest BCUT2D eigenvalue weighted by atomic mass is 10.1. The summed E-state index contributed by atoms with van der Waals surface area (Å²) in [5.74, 6) is 1.03. The Morgan fingerprint density at radius 3 is 2.62 bits per heavy atom. The molecule has 0 aromatic carbocycles. The van der Waals surface area contributed by atoms with E-state index >= 15 is 0 Å². The third-order valence-electron chi connectivity index (χ3n) is 3.32. The Labute approximate surface area is 127 Å². The maximum absolute atomic E-state index is 12.6. The molecule has 118 valence electrons. The fraction of sp³-hybridized carbons (Fsp3) is 0.625. The largest absolute Gasteiger partial charge is 0.380 e.